The van der Waals surface area contributed by atoms with Crippen LogP contribution in [0, 0.1) is 11.7 Å². The van der Waals surface area contributed by atoms with Crippen molar-refractivity contribution < 1.29 is 23.5 Å². The van der Waals surface area contributed by atoms with E-state index in [1.54, 1.807) is 21.9 Å². The summed E-state index contributed by atoms with van der Waals surface area (Å²) in [6.45, 7) is 5.52. The third kappa shape index (κ3) is 4.05. The predicted molar refractivity (Wildman–Crippen MR) is 112 cm³/mol. The van der Waals surface area contributed by atoms with Crippen molar-refractivity contribution in [1.82, 2.24) is 14.7 Å². The summed E-state index contributed by atoms with van der Waals surface area (Å²) in [7, 11) is 0. The maximum absolute atomic E-state index is 14.5. The first-order valence-electron chi connectivity index (χ1n) is 11.1. The van der Waals surface area contributed by atoms with Gasteiger partial charge in [0.15, 0.2) is 0 Å². The zero-order chi connectivity index (χ0) is 22.2. The Morgan fingerprint density at radius 1 is 1.10 bits per heavy atom. The number of amides is 3. The normalized spacial score (nSPS) is 28.8. The Labute approximate surface area is 182 Å². The van der Waals surface area contributed by atoms with Crippen LogP contribution in [0.2, 0.25) is 0 Å². The van der Waals surface area contributed by atoms with Gasteiger partial charge >= 0.3 is 0 Å². The molecule has 3 amide bonds. The first-order valence-corrected chi connectivity index (χ1v) is 11.1. The second kappa shape index (κ2) is 8.57. The van der Waals surface area contributed by atoms with Gasteiger partial charge in [-0.1, -0.05) is 25.5 Å². The lowest BCUT2D eigenvalue weighted by molar-refractivity contribution is -0.142. The van der Waals surface area contributed by atoms with Crippen molar-refractivity contribution in [3.8, 4) is 0 Å². The number of carbonyl (C=O) groups is 3. The van der Waals surface area contributed by atoms with E-state index in [2.05, 4.69) is 6.92 Å². The van der Waals surface area contributed by atoms with Gasteiger partial charge < -0.3 is 14.5 Å². The number of rotatable bonds is 2. The Hall–Kier alpha value is -2.48. The molecule has 1 aliphatic carbocycles. The quantitative estimate of drug-likeness (QED) is 0.720. The van der Waals surface area contributed by atoms with Crippen LogP contribution in [0.25, 0.3) is 0 Å². The Morgan fingerprint density at radius 3 is 2.42 bits per heavy atom. The smallest absolute Gasteiger partial charge is 0.259 e. The van der Waals surface area contributed by atoms with E-state index in [9.17, 15) is 18.8 Å². The lowest BCUT2D eigenvalue weighted by Gasteiger charge is -2.44. The Morgan fingerprint density at radius 2 is 1.77 bits per heavy atom. The predicted octanol–water partition coefficient (Wildman–Crippen LogP) is 2.26. The number of ether oxygens (including phenoxy) is 1. The fraction of sp³-hybridized carbons (Fsp3) is 0.609. The van der Waals surface area contributed by atoms with Gasteiger partial charge in [0.1, 0.15) is 17.6 Å². The molecule has 0 unspecified atom stereocenters. The standard InChI is InChI=1S/C23H30FN3O4/c1-16-6-5-9-23(14-16)27(21(29)18-7-3-4-8-19(18)24)20(15-31-23)22(30)26-12-10-25(11-13-26)17(2)28/h3-4,7-8,16,20H,5-6,9-15H2,1-2H3/t16-,20+,23-/m1/s1. The van der Waals surface area contributed by atoms with Gasteiger partial charge in [-0.3, -0.25) is 19.3 Å². The summed E-state index contributed by atoms with van der Waals surface area (Å²) >= 11 is 0. The minimum absolute atomic E-state index is 0.0113. The number of carbonyl (C=O) groups excluding carboxylic acids is 3. The van der Waals surface area contributed by atoms with Crippen molar-refractivity contribution >= 4 is 17.7 Å². The highest BCUT2D eigenvalue weighted by molar-refractivity contribution is 5.98. The van der Waals surface area contributed by atoms with E-state index in [1.165, 1.54) is 24.0 Å². The average Bonchev–Trinajstić information content (AvgIpc) is 3.11. The van der Waals surface area contributed by atoms with Crippen LogP contribution in [0.5, 0.6) is 0 Å². The number of hydrogen-bond acceptors (Lipinski definition) is 4. The number of halogens is 1. The molecule has 2 heterocycles. The van der Waals surface area contributed by atoms with Crippen molar-refractivity contribution in [2.75, 3.05) is 32.8 Å². The zero-order valence-electron chi connectivity index (χ0n) is 18.2. The molecule has 3 fully saturated rings. The van der Waals surface area contributed by atoms with Crippen LogP contribution < -0.4 is 0 Å². The molecule has 1 saturated carbocycles. The lowest BCUT2D eigenvalue weighted by Crippen LogP contribution is -2.60. The van der Waals surface area contributed by atoms with Crippen molar-refractivity contribution in [3.05, 3.63) is 35.6 Å². The molecule has 7 nitrogen and oxygen atoms in total. The van der Waals surface area contributed by atoms with Gasteiger partial charge in [0.25, 0.3) is 5.91 Å². The zero-order valence-corrected chi connectivity index (χ0v) is 18.2. The van der Waals surface area contributed by atoms with Crippen molar-refractivity contribution in [3.63, 3.8) is 0 Å². The first kappa shape index (κ1) is 21.7. The van der Waals surface area contributed by atoms with Crippen LogP contribution in [0.15, 0.2) is 24.3 Å². The fourth-order valence-corrected chi connectivity index (χ4v) is 5.21. The summed E-state index contributed by atoms with van der Waals surface area (Å²) < 4.78 is 20.7. The molecule has 1 aromatic rings. The Balaban J connectivity index is 1.62. The van der Waals surface area contributed by atoms with Gasteiger partial charge in [0.05, 0.1) is 12.2 Å². The molecule has 8 heteroatoms. The summed E-state index contributed by atoms with van der Waals surface area (Å²) in [4.78, 5) is 43.6. The molecular formula is C23H30FN3O4. The van der Waals surface area contributed by atoms with E-state index in [4.69, 9.17) is 4.74 Å². The second-order valence-electron chi connectivity index (χ2n) is 8.96. The molecular weight excluding hydrogens is 401 g/mol. The largest absolute Gasteiger partial charge is 0.353 e. The second-order valence-corrected chi connectivity index (χ2v) is 8.96. The van der Waals surface area contributed by atoms with Crippen LogP contribution in [-0.4, -0.2) is 77.0 Å². The number of nitrogens with zero attached hydrogens (tertiary/aromatic N) is 3. The molecule has 0 bridgehead atoms. The molecule has 0 aromatic heterocycles. The van der Waals surface area contributed by atoms with E-state index in [0.29, 0.717) is 44.9 Å². The van der Waals surface area contributed by atoms with Gasteiger partial charge in [-0.2, -0.15) is 0 Å². The van der Waals surface area contributed by atoms with E-state index in [-0.39, 0.29) is 24.0 Å². The van der Waals surface area contributed by atoms with Crippen LogP contribution in [-0.2, 0) is 14.3 Å². The monoisotopic (exact) mass is 431 g/mol. The molecule has 3 aliphatic rings. The van der Waals surface area contributed by atoms with Gasteiger partial charge in [0, 0.05) is 33.1 Å². The molecule has 2 saturated heterocycles. The molecule has 31 heavy (non-hydrogen) atoms. The van der Waals surface area contributed by atoms with Gasteiger partial charge in [-0.15, -0.1) is 0 Å². The minimum atomic E-state index is -0.876. The van der Waals surface area contributed by atoms with Gasteiger partial charge in [-0.25, -0.2) is 4.39 Å². The molecule has 3 atom stereocenters. The maximum Gasteiger partial charge on any atom is 0.259 e. The highest BCUT2D eigenvalue weighted by Gasteiger charge is 2.55. The topological polar surface area (TPSA) is 70.2 Å². The summed E-state index contributed by atoms with van der Waals surface area (Å²) in [6.07, 6.45) is 3.20. The third-order valence-corrected chi connectivity index (χ3v) is 6.84. The van der Waals surface area contributed by atoms with E-state index >= 15 is 0 Å². The van der Waals surface area contributed by atoms with Crippen LogP contribution in [0.4, 0.5) is 4.39 Å². The molecule has 1 spiro atoms. The van der Waals surface area contributed by atoms with Crippen LogP contribution >= 0.6 is 0 Å². The highest BCUT2D eigenvalue weighted by atomic mass is 19.1. The van der Waals surface area contributed by atoms with Crippen LogP contribution in [0.3, 0.4) is 0 Å². The van der Waals surface area contributed by atoms with E-state index in [1.807, 2.05) is 0 Å². The lowest BCUT2D eigenvalue weighted by atomic mass is 9.83. The summed E-state index contributed by atoms with van der Waals surface area (Å²) in [5.74, 6) is -0.950. The highest BCUT2D eigenvalue weighted by Crippen LogP contribution is 2.43. The fourth-order valence-electron chi connectivity index (χ4n) is 5.21. The first-order chi connectivity index (χ1) is 14.8. The number of piperazine rings is 1. The SMILES string of the molecule is CC(=O)N1CCN(C(=O)[C@@H]2CO[C@@]3(CCC[C@@H](C)C3)N2C(=O)c2ccccc2F)CC1. The van der Waals surface area contributed by atoms with E-state index < -0.39 is 23.5 Å². The van der Waals surface area contributed by atoms with Crippen molar-refractivity contribution in [2.24, 2.45) is 5.92 Å². The van der Waals surface area contributed by atoms with Crippen molar-refractivity contribution in [2.45, 2.75) is 51.3 Å². The third-order valence-electron chi connectivity index (χ3n) is 6.84. The molecule has 168 valence electrons. The summed E-state index contributed by atoms with van der Waals surface area (Å²) in [5, 5.41) is 0. The van der Waals surface area contributed by atoms with Gasteiger partial charge in [-0.05, 0) is 37.3 Å². The Bertz CT molecular complexity index is 870. The molecule has 0 radical (unpaired) electrons. The summed E-state index contributed by atoms with van der Waals surface area (Å²) in [5.41, 5.74) is -0.914. The molecule has 2 aliphatic heterocycles. The van der Waals surface area contributed by atoms with Crippen molar-refractivity contribution in [1.29, 1.82) is 0 Å². The van der Waals surface area contributed by atoms with E-state index in [0.717, 1.165) is 12.8 Å². The Kier molecular flexibility index (Phi) is 6.01. The van der Waals surface area contributed by atoms with Gasteiger partial charge in [0.2, 0.25) is 11.8 Å². The molecule has 0 N–H and O–H groups in total. The maximum atomic E-state index is 14.5. The molecule has 1 aromatic carbocycles. The molecule has 4 rings (SSSR count). The number of hydrogen-bond donors (Lipinski definition) is 0. The minimum Gasteiger partial charge on any atom is -0.353 e. The summed E-state index contributed by atoms with van der Waals surface area (Å²) in [6, 6.07) is 5.10. The average molecular weight is 432 g/mol. The number of benzene rings is 1. The van der Waals surface area contributed by atoms with Crippen LogP contribution in [0.1, 0.15) is 49.9 Å².